The van der Waals surface area contributed by atoms with E-state index in [0.29, 0.717) is 23.4 Å². The smallest absolute Gasteiger partial charge is 0.266 e. The SMILES string of the molecule is NC(=O)c1cnc(C2CCN(C(=O)[C@@H]3C[C@H]3C3CCC3)CC2)[nH]1. The second-order valence-corrected chi connectivity index (χ2v) is 7.34. The number of imidazole rings is 1. The summed E-state index contributed by atoms with van der Waals surface area (Å²) in [6.07, 6.45) is 8.43. The third-order valence-corrected chi connectivity index (χ3v) is 5.97. The van der Waals surface area contributed by atoms with Gasteiger partial charge in [0.2, 0.25) is 5.91 Å². The molecule has 6 nitrogen and oxygen atoms in total. The molecule has 0 aromatic carbocycles. The van der Waals surface area contributed by atoms with Crippen LogP contribution in [0.1, 0.15) is 60.8 Å². The molecule has 1 aromatic heterocycles. The molecular weight excluding hydrogens is 292 g/mol. The maximum atomic E-state index is 12.6. The first kappa shape index (κ1) is 14.7. The predicted molar refractivity (Wildman–Crippen MR) is 84.6 cm³/mol. The number of rotatable bonds is 4. The van der Waals surface area contributed by atoms with E-state index in [1.54, 1.807) is 0 Å². The van der Waals surface area contributed by atoms with Gasteiger partial charge >= 0.3 is 0 Å². The summed E-state index contributed by atoms with van der Waals surface area (Å²) in [5.41, 5.74) is 5.61. The zero-order chi connectivity index (χ0) is 16.0. The second-order valence-electron chi connectivity index (χ2n) is 7.34. The first-order valence-electron chi connectivity index (χ1n) is 8.77. The summed E-state index contributed by atoms with van der Waals surface area (Å²) >= 11 is 0. The molecule has 2 saturated carbocycles. The molecule has 2 aliphatic carbocycles. The zero-order valence-corrected chi connectivity index (χ0v) is 13.3. The van der Waals surface area contributed by atoms with E-state index in [1.165, 1.54) is 25.5 Å². The number of hydrogen-bond donors (Lipinski definition) is 2. The van der Waals surface area contributed by atoms with Crippen molar-refractivity contribution in [1.29, 1.82) is 0 Å². The molecule has 6 heteroatoms. The molecular formula is C17H24N4O2. The number of aromatic amines is 1. The molecule has 4 rings (SSSR count). The largest absolute Gasteiger partial charge is 0.364 e. The van der Waals surface area contributed by atoms with Crippen LogP contribution in [0.15, 0.2) is 6.20 Å². The van der Waals surface area contributed by atoms with Crippen LogP contribution in [0.3, 0.4) is 0 Å². The number of aromatic nitrogens is 2. The van der Waals surface area contributed by atoms with Gasteiger partial charge in [-0.3, -0.25) is 9.59 Å². The number of H-pyrrole nitrogens is 1. The fraction of sp³-hybridized carbons (Fsp3) is 0.706. The van der Waals surface area contributed by atoms with E-state index in [9.17, 15) is 9.59 Å². The molecule has 1 aromatic rings. The van der Waals surface area contributed by atoms with Crippen molar-refractivity contribution >= 4 is 11.8 Å². The van der Waals surface area contributed by atoms with Crippen LogP contribution in [0, 0.1) is 17.8 Å². The molecule has 0 radical (unpaired) electrons. The maximum absolute atomic E-state index is 12.6. The average molecular weight is 316 g/mol. The van der Waals surface area contributed by atoms with E-state index in [2.05, 4.69) is 9.97 Å². The first-order chi connectivity index (χ1) is 11.1. The van der Waals surface area contributed by atoms with Crippen molar-refractivity contribution in [2.24, 2.45) is 23.5 Å². The van der Waals surface area contributed by atoms with Crippen molar-refractivity contribution in [1.82, 2.24) is 14.9 Å². The maximum Gasteiger partial charge on any atom is 0.266 e. The van der Waals surface area contributed by atoms with Crippen molar-refractivity contribution in [3.8, 4) is 0 Å². The first-order valence-corrected chi connectivity index (χ1v) is 8.77. The van der Waals surface area contributed by atoms with Gasteiger partial charge in [-0.25, -0.2) is 4.98 Å². The van der Waals surface area contributed by atoms with Crippen molar-refractivity contribution in [3.63, 3.8) is 0 Å². The summed E-state index contributed by atoms with van der Waals surface area (Å²) in [5.74, 6) is 2.82. The summed E-state index contributed by atoms with van der Waals surface area (Å²) in [4.78, 5) is 33.0. The average Bonchev–Trinajstić information content (AvgIpc) is 3.10. The van der Waals surface area contributed by atoms with Gasteiger partial charge in [-0.2, -0.15) is 0 Å². The minimum absolute atomic E-state index is 0.286. The van der Waals surface area contributed by atoms with Crippen molar-refractivity contribution in [2.75, 3.05) is 13.1 Å². The highest BCUT2D eigenvalue weighted by Gasteiger charge is 2.50. The van der Waals surface area contributed by atoms with Crippen molar-refractivity contribution in [2.45, 2.75) is 44.4 Å². The molecule has 0 spiro atoms. The second kappa shape index (κ2) is 5.65. The molecule has 3 N–H and O–H groups in total. The van der Waals surface area contributed by atoms with Gasteiger partial charge in [-0.1, -0.05) is 19.3 Å². The molecule has 2 heterocycles. The molecule has 3 fully saturated rings. The molecule has 0 bridgehead atoms. The monoisotopic (exact) mass is 316 g/mol. The summed E-state index contributed by atoms with van der Waals surface area (Å²) in [6.45, 7) is 1.59. The zero-order valence-electron chi connectivity index (χ0n) is 13.3. The van der Waals surface area contributed by atoms with Gasteiger partial charge in [0.15, 0.2) is 0 Å². The van der Waals surface area contributed by atoms with Crippen LogP contribution in [0.5, 0.6) is 0 Å². The molecule has 1 saturated heterocycles. The number of carbonyl (C=O) groups excluding carboxylic acids is 2. The van der Waals surface area contributed by atoms with Crippen LogP contribution in [0.4, 0.5) is 0 Å². The van der Waals surface area contributed by atoms with E-state index < -0.39 is 5.91 Å². The van der Waals surface area contributed by atoms with Crippen molar-refractivity contribution < 1.29 is 9.59 Å². The number of nitrogens with one attached hydrogen (secondary N) is 1. The number of amides is 2. The van der Waals surface area contributed by atoms with Gasteiger partial charge in [0, 0.05) is 24.9 Å². The Morgan fingerprint density at radius 2 is 1.96 bits per heavy atom. The fourth-order valence-corrected chi connectivity index (χ4v) is 4.16. The van der Waals surface area contributed by atoms with Gasteiger partial charge in [0.05, 0.1) is 6.20 Å². The Hall–Kier alpha value is -1.85. The number of likely N-dealkylation sites (tertiary alicyclic amines) is 1. The number of piperidine rings is 1. The van der Waals surface area contributed by atoms with E-state index in [-0.39, 0.29) is 5.92 Å². The summed E-state index contributed by atoms with van der Waals surface area (Å²) in [7, 11) is 0. The van der Waals surface area contributed by atoms with E-state index >= 15 is 0 Å². The van der Waals surface area contributed by atoms with Crippen LogP contribution < -0.4 is 5.73 Å². The lowest BCUT2D eigenvalue weighted by atomic mass is 9.81. The van der Waals surface area contributed by atoms with Crippen LogP contribution in [0.2, 0.25) is 0 Å². The summed E-state index contributed by atoms with van der Waals surface area (Å²) < 4.78 is 0. The number of carbonyl (C=O) groups is 2. The molecule has 23 heavy (non-hydrogen) atoms. The van der Waals surface area contributed by atoms with E-state index in [0.717, 1.165) is 44.1 Å². The van der Waals surface area contributed by atoms with Crippen LogP contribution in [0.25, 0.3) is 0 Å². The highest BCUT2D eigenvalue weighted by molar-refractivity contribution is 5.90. The number of nitrogens with two attached hydrogens (primary N) is 1. The van der Waals surface area contributed by atoms with E-state index in [4.69, 9.17) is 5.73 Å². The Labute approximate surface area is 135 Å². The predicted octanol–water partition coefficient (Wildman–Crippen LogP) is 1.65. The Bertz CT molecular complexity index is 614. The molecule has 2 amide bonds. The Morgan fingerprint density at radius 3 is 2.52 bits per heavy atom. The lowest BCUT2D eigenvalue weighted by molar-refractivity contribution is -0.134. The lowest BCUT2D eigenvalue weighted by Crippen LogP contribution is -2.39. The number of hydrogen-bond acceptors (Lipinski definition) is 3. The number of nitrogens with zero attached hydrogens (tertiary/aromatic N) is 2. The fourth-order valence-electron chi connectivity index (χ4n) is 4.16. The lowest BCUT2D eigenvalue weighted by Gasteiger charge is -2.32. The molecule has 1 aliphatic heterocycles. The van der Waals surface area contributed by atoms with Gasteiger partial charge in [0.25, 0.3) is 5.91 Å². The normalized spacial score (nSPS) is 28.4. The highest BCUT2D eigenvalue weighted by Crippen LogP contribution is 2.52. The van der Waals surface area contributed by atoms with Gasteiger partial charge in [0.1, 0.15) is 11.5 Å². The summed E-state index contributed by atoms with van der Waals surface area (Å²) in [6, 6.07) is 0. The molecule has 3 aliphatic rings. The Kier molecular flexibility index (Phi) is 3.62. The van der Waals surface area contributed by atoms with Gasteiger partial charge in [-0.15, -0.1) is 0 Å². The molecule has 0 unspecified atom stereocenters. The Morgan fingerprint density at radius 1 is 1.22 bits per heavy atom. The molecule has 2 atom stereocenters. The summed E-state index contributed by atoms with van der Waals surface area (Å²) in [5, 5.41) is 0. The minimum Gasteiger partial charge on any atom is -0.364 e. The van der Waals surface area contributed by atoms with Gasteiger partial charge < -0.3 is 15.6 Å². The number of primary amides is 1. The third-order valence-electron chi connectivity index (χ3n) is 5.97. The van der Waals surface area contributed by atoms with Gasteiger partial charge in [-0.05, 0) is 31.1 Å². The van der Waals surface area contributed by atoms with Crippen molar-refractivity contribution in [3.05, 3.63) is 17.7 Å². The van der Waals surface area contributed by atoms with E-state index in [1.807, 2.05) is 4.90 Å². The van der Waals surface area contributed by atoms with Crippen LogP contribution in [-0.2, 0) is 4.79 Å². The minimum atomic E-state index is -0.480. The topological polar surface area (TPSA) is 92.1 Å². The molecule has 124 valence electrons. The van der Waals surface area contributed by atoms with Crippen LogP contribution in [-0.4, -0.2) is 39.8 Å². The van der Waals surface area contributed by atoms with Crippen LogP contribution >= 0.6 is 0 Å². The quantitative estimate of drug-likeness (QED) is 0.884. The highest BCUT2D eigenvalue weighted by atomic mass is 16.2. The third kappa shape index (κ3) is 2.75. The Balaban J connectivity index is 1.30. The standard InChI is InChI=1S/C17H24N4O2/c18-15(22)14-9-19-16(20-14)11-4-6-21(7-5-11)17(23)13-8-12(13)10-2-1-3-10/h9-13H,1-8H2,(H2,18,22)(H,19,20)/t12-,13+/m0/s1.